The van der Waals surface area contributed by atoms with Crippen LogP contribution in [0, 0.1) is 0 Å². The van der Waals surface area contributed by atoms with Crippen molar-refractivity contribution in [3.05, 3.63) is 41.1 Å². The molecule has 1 aromatic rings. The summed E-state index contributed by atoms with van der Waals surface area (Å²) in [5, 5.41) is 3.59. The summed E-state index contributed by atoms with van der Waals surface area (Å²) in [4.78, 5) is 22.0. The van der Waals surface area contributed by atoms with Gasteiger partial charge >= 0.3 is 0 Å². The molecule has 0 saturated heterocycles. The van der Waals surface area contributed by atoms with Crippen LogP contribution in [0.1, 0.15) is 0 Å². The molecule has 0 amide bonds. The Labute approximate surface area is 115 Å². The van der Waals surface area contributed by atoms with Crippen LogP contribution >= 0.6 is 11.6 Å². The van der Waals surface area contributed by atoms with Crippen LogP contribution in [-0.2, 0) is 19.1 Å². The number of ketones is 1. The summed E-state index contributed by atoms with van der Waals surface area (Å²) >= 11 is 6.04. The Morgan fingerprint density at radius 2 is 2.26 bits per heavy atom. The van der Waals surface area contributed by atoms with Gasteiger partial charge in [-0.05, 0) is 12.1 Å². The SMILES string of the molecule is O=COCC(Nc1ccccc1Cl)C1=COCC1=O. The molecule has 5 nitrogen and oxygen atoms in total. The van der Waals surface area contributed by atoms with E-state index in [4.69, 9.17) is 21.1 Å². The summed E-state index contributed by atoms with van der Waals surface area (Å²) in [6.45, 7) is 0.370. The first kappa shape index (κ1) is 13.4. The summed E-state index contributed by atoms with van der Waals surface area (Å²) in [6.07, 6.45) is 1.38. The molecule has 0 saturated carbocycles. The lowest BCUT2D eigenvalue weighted by Crippen LogP contribution is -2.30. The van der Waals surface area contributed by atoms with Crippen molar-refractivity contribution in [1.29, 1.82) is 0 Å². The first-order chi connectivity index (χ1) is 9.22. The molecule has 0 spiro atoms. The van der Waals surface area contributed by atoms with E-state index in [0.29, 0.717) is 22.8 Å². The van der Waals surface area contributed by atoms with Gasteiger partial charge in [-0.1, -0.05) is 23.7 Å². The number of carbonyl (C=O) groups excluding carboxylic acids is 2. The van der Waals surface area contributed by atoms with E-state index >= 15 is 0 Å². The first-order valence-electron chi connectivity index (χ1n) is 5.63. The van der Waals surface area contributed by atoms with Crippen molar-refractivity contribution >= 4 is 29.5 Å². The molecule has 1 aromatic carbocycles. The van der Waals surface area contributed by atoms with Crippen molar-refractivity contribution in [1.82, 2.24) is 0 Å². The molecule has 0 fully saturated rings. The Morgan fingerprint density at radius 3 is 2.89 bits per heavy atom. The van der Waals surface area contributed by atoms with Gasteiger partial charge in [-0.3, -0.25) is 9.59 Å². The standard InChI is InChI=1S/C13H12ClNO4/c14-10-3-1-2-4-11(10)15-12(6-19-8-16)9-5-18-7-13(9)17/h1-5,8,12,15H,6-7H2. The lowest BCUT2D eigenvalue weighted by Gasteiger charge is -2.19. The fourth-order valence-electron chi connectivity index (χ4n) is 1.74. The highest BCUT2D eigenvalue weighted by atomic mass is 35.5. The largest absolute Gasteiger partial charge is 0.493 e. The molecule has 1 aliphatic rings. The first-order valence-corrected chi connectivity index (χ1v) is 6.01. The van der Waals surface area contributed by atoms with E-state index in [1.165, 1.54) is 6.26 Å². The maximum atomic E-state index is 11.6. The predicted molar refractivity (Wildman–Crippen MR) is 69.9 cm³/mol. The molecule has 1 unspecified atom stereocenters. The van der Waals surface area contributed by atoms with Crippen molar-refractivity contribution in [2.75, 3.05) is 18.5 Å². The number of carbonyl (C=O) groups is 2. The van der Waals surface area contributed by atoms with E-state index in [1.807, 2.05) is 6.07 Å². The fourth-order valence-corrected chi connectivity index (χ4v) is 1.93. The molecule has 1 heterocycles. The fraction of sp³-hybridized carbons (Fsp3) is 0.231. The van der Waals surface area contributed by atoms with Crippen LogP contribution in [0.15, 0.2) is 36.1 Å². The average molecular weight is 282 g/mol. The minimum Gasteiger partial charge on any atom is -0.493 e. The van der Waals surface area contributed by atoms with Gasteiger partial charge in [0.2, 0.25) is 5.78 Å². The second-order valence-electron chi connectivity index (χ2n) is 3.91. The number of benzene rings is 1. The van der Waals surface area contributed by atoms with Gasteiger partial charge in [0.1, 0.15) is 6.61 Å². The molecule has 1 atom stereocenters. The Hall–Kier alpha value is -2.01. The molecule has 19 heavy (non-hydrogen) atoms. The second-order valence-corrected chi connectivity index (χ2v) is 4.32. The topological polar surface area (TPSA) is 64.6 Å². The number of para-hydroxylation sites is 1. The van der Waals surface area contributed by atoms with Crippen molar-refractivity contribution < 1.29 is 19.1 Å². The molecule has 100 valence electrons. The second kappa shape index (κ2) is 6.24. The highest BCUT2D eigenvalue weighted by Crippen LogP contribution is 2.24. The molecule has 6 heteroatoms. The lowest BCUT2D eigenvalue weighted by atomic mass is 10.1. The molecule has 0 radical (unpaired) electrons. The van der Waals surface area contributed by atoms with Gasteiger partial charge in [-0.25, -0.2) is 0 Å². The Kier molecular flexibility index (Phi) is 4.41. The van der Waals surface area contributed by atoms with Crippen LogP contribution in [0.3, 0.4) is 0 Å². The van der Waals surface area contributed by atoms with Crippen LogP contribution in [0.5, 0.6) is 0 Å². The molecular formula is C13H12ClNO4. The van der Waals surface area contributed by atoms with Crippen molar-refractivity contribution in [3.8, 4) is 0 Å². The molecule has 1 N–H and O–H groups in total. The third-order valence-electron chi connectivity index (χ3n) is 2.66. The number of Topliss-reactive ketones (excluding diaryl/α,β-unsaturated/α-hetero) is 1. The van der Waals surface area contributed by atoms with Gasteiger partial charge in [0.05, 0.1) is 28.6 Å². The average Bonchev–Trinajstić information content (AvgIpc) is 2.83. The zero-order valence-corrected chi connectivity index (χ0v) is 10.7. The number of nitrogens with one attached hydrogen (secondary N) is 1. The minimum atomic E-state index is -0.486. The highest BCUT2D eigenvalue weighted by Gasteiger charge is 2.26. The van der Waals surface area contributed by atoms with E-state index in [-0.39, 0.29) is 19.0 Å². The highest BCUT2D eigenvalue weighted by molar-refractivity contribution is 6.33. The van der Waals surface area contributed by atoms with E-state index in [1.54, 1.807) is 18.2 Å². The van der Waals surface area contributed by atoms with Gasteiger partial charge < -0.3 is 14.8 Å². The summed E-state index contributed by atoms with van der Waals surface area (Å²) in [5.41, 5.74) is 1.09. The van der Waals surface area contributed by atoms with Gasteiger partial charge in [0.15, 0.2) is 6.61 Å². The van der Waals surface area contributed by atoms with Crippen LogP contribution in [-0.4, -0.2) is 31.5 Å². The number of hydrogen-bond donors (Lipinski definition) is 1. The van der Waals surface area contributed by atoms with Crippen LogP contribution in [0.25, 0.3) is 0 Å². The van der Waals surface area contributed by atoms with Crippen molar-refractivity contribution in [2.24, 2.45) is 0 Å². The quantitative estimate of drug-likeness (QED) is 0.805. The van der Waals surface area contributed by atoms with Crippen LogP contribution in [0.4, 0.5) is 5.69 Å². The maximum absolute atomic E-state index is 11.6. The normalized spacial score (nSPS) is 15.4. The van der Waals surface area contributed by atoms with E-state index in [2.05, 4.69) is 5.32 Å². The molecule has 0 aromatic heterocycles. The number of ether oxygens (including phenoxy) is 2. The van der Waals surface area contributed by atoms with Crippen molar-refractivity contribution in [3.63, 3.8) is 0 Å². The number of anilines is 1. The van der Waals surface area contributed by atoms with Gasteiger partial charge in [-0.2, -0.15) is 0 Å². The molecule has 0 bridgehead atoms. The number of hydrogen-bond acceptors (Lipinski definition) is 5. The maximum Gasteiger partial charge on any atom is 0.293 e. The monoisotopic (exact) mass is 281 g/mol. The Balaban J connectivity index is 2.16. The van der Waals surface area contributed by atoms with Crippen molar-refractivity contribution in [2.45, 2.75) is 6.04 Å². The van der Waals surface area contributed by atoms with Gasteiger partial charge in [-0.15, -0.1) is 0 Å². The van der Waals surface area contributed by atoms with E-state index in [9.17, 15) is 9.59 Å². The Morgan fingerprint density at radius 1 is 1.47 bits per heavy atom. The summed E-state index contributed by atoms with van der Waals surface area (Å²) in [6, 6.07) is 6.63. The van der Waals surface area contributed by atoms with Gasteiger partial charge in [0.25, 0.3) is 6.47 Å². The summed E-state index contributed by atoms with van der Waals surface area (Å²) in [7, 11) is 0. The van der Waals surface area contributed by atoms with E-state index < -0.39 is 6.04 Å². The molecule has 2 rings (SSSR count). The third kappa shape index (κ3) is 3.26. The summed E-state index contributed by atoms with van der Waals surface area (Å²) < 4.78 is 9.70. The third-order valence-corrected chi connectivity index (χ3v) is 2.99. The number of halogens is 1. The molecular weight excluding hydrogens is 270 g/mol. The van der Waals surface area contributed by atoms with Gasteiger partial charge in [0, 0.05) is 0 Å². The number of rotatable bonds is 6. The molecule has 1 aliphatic heterocycles. The zero-order chi connectivity index (χ0) is 13.7. The Bertz CT molecular complexity index is 515. The molecule has 0 aliphatic carbocycles. The van der Waals surface area contributed by atoms with Crippen LogP contribution in [0.2, 0.25) is 5.02 Å². The minimum absolute atomic E-state index is 0.0110. The van der Waals surface area contributed by atoms with Crippen LogP contribution < -0.4 is 5.32 Å². The zero-order valence-electron chi connectivity index (χ0n) is 9.97. The smallest absolute Gasteiger partial charge is 0.293 e. The summed E-state index contributed by atoms with van der Waals surface area (Å²) in [5.74, 6) is -0.140. The predicted octanol–water partition coefficient (Wildman–Crippen LogP) is 1.78. The van der Waals surface area contributed by atoms with E-state index in [0.717, 1.165) is 0 Å². The lowest BCUT2D eigenvalue weighted by molar-refractivity contribution is -0.129.